The molecule has 1 aliphatic carbocycles. The molecule has 0 radical (unpaired) electrons. The minimum atomic E-state index is -0.474. The number of hydrogen-bond acceptors (Lipinski definition) is 4. The molecule has 152 valence electrons. The van der Waals surface area contributed by atoms with E-state index in [9.17, 15) is 9.90 Å². The lowest BCUT2D eigenvalue weighted by Gasteiger charge is -2.41. The molecule has 0 fully saturated rings. The van der Waals surface area contributed by atoms with Crippen LogP contribution in [0.1, 0.15) is 40.4 Å². The number of ether oxygens (including phenoxy) is 1. The van der Waals surface area contributed by atoms with Crippen LogP contribution in [0.15, 0.2) is 67.0 Å². The van der Waals surface area contributed by atoms with Gasteiger partial charge >= 0.3 is 0 Å². The topological polar surface area (TPSA) is 78.5 Å². The first kappa shape index (κ1) is 18.6. The van der Waals surface area contributed by atoms with Crippen molar-refractivity contribution in [3.8, 4) is 16.9 Å². The van der Waals surface area contributed by atoms with Crippen LogP contribution >= 0.6 is 0 Å². The average Bonchev–Trinajstić information content (AvgIpc) is 3.53. The zero-order chi connectivity index (χ0) is 20.7. The molecule has 2 N–H and O–H groups in total. The average molecular weight is 401 g/mol. The second-order valence-electron chi connectivity index (χ2n) is 7.81. The second kappa shape index (κ2) is 7.15. The van der Waals surface area contributed by atoms with Gasteiger partial charge < -0.3 is 14.7 Å². The van der Waals surface area contributed by atoms with Crippen molar-refractivity contribution < 1.29 is 14.6 Å². The van der Waals surface area contributed by atoms with E-state index in [0.717, 1.165) is 35.1 Å². The number of aliphatic hydroxyl groups is 1. The molecule has 2 aromatic carbocycles. The van der Waals surface area contributed by atoms with Gasteiger partial charge in [-0.15, -0.1) is 0 Å². The summed E-state index contributed by atoms with van der Waals surface area (Å²) in [7, 11) is 1.61. The highest BCUT2D eigenvalue weighted by atomic mass is 16.5. The summed E-state index contributed by atoms with van der Waals surface area (Å²) in [6.07, 6.45) is 9.28. The van der Waals surface area contributed by atoms with Gasteiger partial charge in [0.1, 0.15) is 5.75 Å². The molecule has 6 nitrogen and oxygen atoms in total. The summed E-state index contributed by atoms with van der Waals surface area (Å²) in [6, 6.07) is 13.2. The normalized spacial score (nSPS) is 17.5. The minimum absolute atomic E-state index is 0.0547. The maximum atomic E-state index is 13.7. The Labute approximate surface area is 174 Å². The van der Waals surface area contributed by atoms with Crippen LogP contribution in [0, 0.1) is 0 Å². The van der Waals surface area contributed by atoms with Gasteiger partial charge in [-0.05, 0) is 47.7 Å². The Hall–Kier alpha value is -3.38. The van der Waals surface area contributed by atoms with Crippen molar-refractivity contribution in [2.24, 2.45) is 0 Å². The van der Waals surface area contributed by atoms with Gasteiger partial charge in [-0.1, -0.05) is 36.4 Å². The van der Waals surface area contributed by atoms with Crippen LogP contribution in [0.4, 0.5) is 0 Å². The SMILES string of the molecule is COc1cccc(C(CO)N2C(=O)c3cc(-c4cn[nH]c4)ccc3C23CC=CC3)c1. The first-order valence-electron chi connectivity index (χ1n) is 10.0. The molecular weight excluding hydrogens is 378 g/mol. The number of nitrogens with one attached hydrogen (secondary N) is 1. The highest BCUT2D eigenvalue weighted by molar-refractivity contribution is 6.01. The highest BCUT2D eigenvalue weighted by Crippen LogP contribution is 2.51. The molecule has 30 heavy (non-hydrogen) atoms. The Morgan fingerprint density at radius 1 is 1.20 bits per heavy atom. The predicted molar refractivity (Wildman–Crippen MR) is 113 cm³/mol. The van der Waals surface area contributed by atoms with Crippen molar-refractivity contribution in [1.82, 2.24) is 15.1 Å². The third-order valence-electron chi connectivity index (χ3n) is 6.30. The lowest BCUT2D eigenvalue weighted by Crippen LogP contribution is -2.45. The number of fused-ring (bicyclic) bond motifs is 2. The van der Waals surface area contributed by atoms with E-state index in [-0.39, 0.29) is 12.5 Å². The molecule has 2 heterocycles. The summed E-state index contributed by atoms with van der Waals surface area (Å²) >= 11 is 0. The summed E-state index contributed by atoms with van der Waals surface area (Å²) in [5.74, 6) is 0.650. The van der Waals surface area contributed by atoms with E-state index in [0.29, 0.717) is 11.3 Å². The summed E-state index contributed by atoms with van der Waals surface area (Å²) in [4.78, 5) is 15.6. The highest BCUT2D eigenvalue weighted by Gasteiger charge is 2.52. The number of carbonyl (C=O) groups is 1. The lowest BCUT2D eigenvalue weighted by atomic mass is 9.85. The maximum Gasteiger partial charge on any atom is 0.255 e. The monoisotopic (exact) mass is 401 g/mol. The van der Waals surface area contributed by atoms with Crippen molar-refractivity contribution in [2.75, 3.05) is 13.7 Å². The quantitative estimate of drug-likeness (QED) is 0.637. The van der Waals surface area contributed by atoms with Crippen LogP contribution in [0.2, 0.25) is 0 Å². The fourth-order valence-electron chi connectivity index (χ4n) is 4.85. The maximum absolute atomic E-state index is 13.7. The van der Waals surface area contributed by atoms with Crippen LogP contribution in [0.3, 0.4) is 0 Å². The van der Waals surface area contributed by atoms with Gasteiger partial charge in [0.2, 0.25) is 0 Å². The molecule has 0 bridgehead atoms. The van der Waals surface area contributed by atoms with Crippen LogP contribution < -0.4 is 4.74 Å². The Balaban J connectivity index is 1.63. The molecule has 1 spiro atoms. The first-order valence-corrected chi connectivity index (χ1v) is 10.0. The third-order valence-corrected chi connectivity index (χ3v) is 6.30. The first-order chi connectivity index (χ1) is 14.7. The Kier molecular flexibility index (Phi) is 4.44. The van der Waals surface area contributed by atoms with Crippen LogP contribution in [-0.4, -0.2) is 39.8 Å². The van der Waals surface area contributed by atoms with E-state index < -0.39 is 11.6 Å². The number of aliphatic hydroxyl groups excluding tert-OH is 1. The van der Waals surface area contributed by atoms with E-state index in [2.05, 4.69) is 28.4 Å². The molecule has 1 atom stereocenters. The largest absolute Gasteiger partial charge is 0.497 e. The second-order valence-corrected chi connectivity index (χ2v) is 7.81. The van der Waals surface area contributed by atoms with Gasteiger partial charge in [0.15, 0.2) is 0 Å². The van der Waals surface area contributed by atoms with Gasteiger partial charge in [-0.2, -0.15) is 5.10 Å². The zero-order valence-corrected chi connectivity index (χ0v) is 16.7. The molecular formula is C24H23N3O3. The smallest absolute Gasteiger partial charge is 0.255 e. The molecule has 1 aromatic heterocycles. The lowest BCUT2D eigenvalue weighted by molar-refractivity contribution is 0.0259. The van der Waals surface area contributed by atoms with E-state index in [1.54, 1.807) is 13.3 Å². The van der Waals surface area contributed by atoms with Crippen LogP contribution in [0.25, 0.3) is 11.1 Å². The fourth-order valence-corrected chi connectivity index (χ4v) is 4.85. The van der Waals surface area contributed by atoms with Crippen molar-refractivity contribution in [3.05, 3.63) is 83.7 Å². The van der Waals surface area contributed by atoms with Gasteiger partial charge in [0.25, 0.3) is 5.91 Å². The summed E-state index contributed by atoms with van der Waals surface area (Å²) in [5.41, 5.74) is 3.98. The Bertz CT molecular complexity index is 1110. The van der Waals surface area contributed by atoms with Crippen LogP contribution in [0.5, 0.6) is 5.75 Å². The molecule has 5 rings (SSSR count). The van der Waals surface area contributed by atoms with Gasteiger partial charge in [-0.25, -0.2) is 0 Å². The van der Waals surface area contributed by atoms with E-state index in [1.807, 2.05) is 47.5 Å². The number of carbonyl (C=O) groups excluding carboxylic acids is 1. The molecule has 1 aliphatic heterocycles. The number of H-pyrrole nitrogens is 1. The summed E-state index contributed by atoms with van der Waals surface area (Å²) in [5, 5.41) is 17.2. The van der Waals surface area contributed by atoms with Crippen molar-refractivity contribution in [3.63, 3.8) is 0 Å². The summed E-state index contributed by atoms with van der Waals surface area (Å²) in [6.45, 7) is -0.163. The number of benzene rings is 2. The molecule has 1 unspecified atom stereocenters. The number of nitrogens with zero attached hydrogens (tertiary/aromatic N) is 2. The number of methoxy groups -OCH3 is 1. The molecule has 1 amide bonds. The number of aromatic amines is 1. The van der Waals surface area contributed by atoms with E-state index >= 15 is 0 Å². The molecule has 6 heteroatoms. The van der Waals surface area contributed by atoms with Gasteiger partial charge in [-0.3, -0.25) is 9.89 Å². The number of amides is 1. The molecule has 0 saturated carbocycles. The number of aromatic nitrogens is 2. The molecule has 2 aliphatic rings. The van der Waals surface area contributed by atoms with Gasteiger partial charge in [0, 0.05) is 17.3 Å². The van der Waals surface area contributed by atoms with Crippen molar-refractivity contribution >= 4 is 5.91 Å². The Morgan fingerprint density at radius 2 is 2.03 bits per heavy atom. The predicted octanol–water partition coefficient (Wildman–Crippen LogP) is 3.82. The number of hydrogen-bond donors (Lipinski definition) is 2. The molecule has 3 aromatic rings. The third kappa shape index (κ3) is 2.68. The van der Waals surface area contributed by atoms with Gasteiger partial charge in [0.05, 0.1) is 31.5 Å². The number of rotatable bonds is 5. The molecule has 0 saturated heterocycles. The minimum Gasteiger partial charge on any atom is -0.497 e. The standard InChI is InChI=1S/C24H23N3O3/c1-30-19-6-4-5-17(11-19)22(15-28)27-23(29)20-12-16(18-13-25-26-14-18)7-8-21(20)24(27)9-2-3-10-24/h2-8,11-14,22,28H,9-10,15H2,1H3,(H,25,26). The zero-order valence-electron chi connectivity index (χ0n) is 16.7. The van der Waals surface area contributed by atoms with Crippen LogP contribution in [-0.2, 0) is 5.54 Å². The Morgan fingerprint density at radius 3 is 2.73 bits per heavy atom. The van der Waals surface area contributed by atoms with E-state index in [1.165, 1.54) is 0 Å². The van der Waals surface area contributed by atoms with Crippen molar-refractivity contribution in [1.29, 1.82) is 0 Å². The van der Waals surface area contributed by atoms with Crippen molar-refractivity contribution in [2.45, 2.75) is 24.4 Å². The summed E-state index contributed by atoms with van der Waals surface area (Å²) < 4.78 is 5.37. The van der Waals surface area contributed by atoms with E-state index in [4.69, 9.17) is 4.74 Å². The fraction of sp³-hybridized carbons (Fsp3) is 0.250.